The third-order valence-corrected chi connectivity index (χ3v) is 3.64. The first-order valence-electron chi connectivity index (χ1n) is 6.94. The van der Waals surface area contributed by atoms with Crippen LogP contribution in [0.15, 0.2) is 24.3 Å². The summed E-state index contributed by atoms with van der Waals surface area (Å²) in [6, 6.07) is 3.72. The Kier molecular flexibility index (Phi) is 4.75. The standard InChI is InChI=1S/C17H16F3NO2/c1-8-3-11(18)4-9(2)16(8)10-5-12(14(21)7-15(22)23)17(20)13(19)6-10/h3-6,14H,7,21H2,1-2H3,(H,22,23). The Morgan fingerprint density at radius 3 is 2.22 bits per heavy atom. The van der Waals surface area contributed by atoms with Gasteiger partial charge < -0.3 is 10.8 Å². The minimum absolute atomic E-state index is 0.217. The van der Waals surface area contributed by atoms with E-state index in [1.54, 1.807) is 13.8 Å². The first-order valence-corrected chi connectivity index (χ1v) is 6.94. The molecule has 122 valence electrons. The Bertz CT molecular complexity index is 752. The van der Waals surface area contributed by atoms with Crippen molar-refractivity contribution in [1.82, 2.24) is 0 Å². The van der Waals surface area contributed by atoms with Crippen molar-refractivity contribution >= 4 is 5.97 Å². The maximum absolute atomic E-state index is 14.0. The number of hydrogen-bond acceptors (Lipinski definition) is 2. The van der Waals surface area contributed by atoms with Crippen LogP contribution >= 0.6 is 0 Å². The second-order valence-electron chi connectivity index (χ2n) is 5.48. The van der Waals surface area contributed by atoms with Gasteiger partial charge in [-0.05, 0) is 60.4 Å². The number of carbonyl (C=O) groups is 1. The van der Waals surface area contributed by atoms with Crippen LogP contribution in [-0.4, -0.2) is 11.1 Å². The zero-order chi connectivity index (χ0) is 17.3. The Morgan fingerprint density at radius 1 is 1.13 bits per heavy atom. The summed E-state index contributed by atoms with van der Waals surface area (Å²) in [5, 5.41) is 8.77. The lowest BCUT2D eigenvalue weighted by Gasteiger charge is -2.16. The lowest BCUT2D eigenvalue weighted by atomic mass is 9.92. The molecule has 0 aromatic heterocycles. The van der Waals surface area contributed by atoms with E-state index in [1.165, 1.54) is 18.2 Å². The van der Waals surface area contributed by atoms with Crippen molar-refractivity contribution in [2.45, 2.75) is 26.3 Å². The molecule has 2 rings (SSSR count). The molecule has 1 atom stereocenters. The van der Waals surface area contributed by atoms with Crippen molar-refractivity contribution < 1.29 is 23.1 Å². The number of carboxylic acids is 1. The fourth-order valence-corrected chi connectivity index (χ4v) is 2.69. The van der Waals surface area contributed by atoms with Gasteiger partial charge in [-0.25, -0.2) is 13.2 Å². The molecule has 2 aromatic carbocycles. The molecule has 0 saturated carbocycles. The van der Waals surface area contributed by atoms with Crippen LogP contribution in [0.25, 0.3) is 11.1 Å². The van der Waals surface area contributed by atoms with E-state index in [-0.39, 0.29) is 5.56 Å². The largest absolute Gasteiger partial charge is 0.481 e. The van der Waals surface area contributed by atoms with E-state index in [0.29, 0.717) is 22.3 Å². The zero-order valence-electron chi connectivity index (χ0n) is 12.7. The maximum Gasteiger partial charge on any atom is 0.305 e. The van der Waals surface area contributed by atoms with Gasteiger partial charge in [0.15, 0.2) is 11.6 Å². The van der Waals surface area contributed by atoms with E-state index in [0.717, 1.165) is 6.07 Å². The Morgan fingerprint density at radius 2 is 1.70 bits per heavy atom. The molecular formula is C17H16F3NO2. The number of benzene rings is 2. The van der Waals surface area contributed by atoms with E-state index in [2.05, 4.69) is 0 Å². The highest BCUT2D eigenvalue weighted by molar-refractivity contribution is 5.72. The van der Waals surface area contributed by atoms with Gasteiger partial charge in [0.2, 0.25) is 0 Å². The quantitative estimate of drug-likeness (QED) is 0.898. The van der Waals surface area contributed by atoms with Crippen molar-refractivity contribution in [3.63, 3.8) is 0 Å². The summed E-state index contributed by atoms with van der Waals surface area (Å²) in [7, 11) is 0. The van der Waals surface area contributed by atoms with Crippen molar-refractivity contribution in [2.75, 3.05) is 0 Å². The molecule has 0 spiro atoms. The van der Waals surface area contributed by atoms with Gasteiger partial charge in [0.25, 0.3) is 0 Å². The number of aliphatic carboxylic acids is 1. The van der Waals surface area contributed by atoms with Gasteiger partial charge in [-0.2, -0.15) is 0 Å². The molecule has 2 aromatic rings. The van der Waals surface area contributed by atoms with Crippen LogP contribution in [-0.2, 0) is 4.79 Å². The molecule has 0 radical (unpaired) electrons. The summed E-state index contributed by atoms with van der Waals surface area (Å²) >= 11 is 0. The van der Waals surface area contributed by atoms with Gasteiger partial charge in [-0.1, -0.05) is 0 Å². The summed E-state index contributed by atoms with van der Waals surface area (Å²) in [6.07, 6.45) is -0.527. The lowest BCUT2D eigenvalue weighted by Crippen LogP contribution is -2.17. The fraction of sp³-hybridized carbons (Fsp3) is 0.235. The molecule has 0 amide bonds. The Balaban J connectivity index is 2.62. The van der Waals surface area contributed by atoms with Crippen molar-refractivity contribution in [1.29, 1.82) is 0 Å². The van der Waals surface area contributed by atoms with Crippen molar-refractivity contribution in [2.24, 2.45) is 5.73 Å². The van der Waals surface area contributed by atoms with E-state index in [4.69, 9.17) is 10.8 Å². The van der Waals surface area contributed by atoms with Gasteiger partial charge in [-0.3, -0.25) is 4.79 Å². The van der Waals surface area contributed by atoms with Crippen LogP contribution in [0.2, 0.25) is 0 Å². The molecule has 0 heterocycles. The first kappa shape index (κ1) is 17.0. The minimum Gasteiger partial charge on any atom is -0.481 e. The number of carboxylic acid groups (broad SMARTS) is 1. The topological polar surface area (TPSA) is 63.3 Å². The van der Waals surface area contributed by atoms with Crippen LogP contribution in [0.3, 0.4) is 0 Å². The van der Waals surface area contributed by atoms with Crippen LogP contribution in [0.1, 0.15) is 29.2 Å². The number of hydrogen-bond donors (Lipinski definition) is 2. The maximum atomic E-state index is 14.0. The SMILES string of the molecule is Cc1cc(F)cc(C)c1-c1cc(F)c(F)c(C(N)CC(=O)O)c1. The van der Waals surface area contributed by atoms with Crippen molar-refractivity contribution in [3.05, 3.63) is 58.4 Å². The molecule has 1 unspecified atom stereocenters. The Labute approximate surface area is 131 Å². The molecule has 0 fully saturated rings. The molecule has 0 aliphatic carbocycles. The van der Waals surface area contributed by atoms with Crippen LogP contribution in [0, 0.1) is 31.3 Å². The smallest absolute Gasteiger partial charge is 0.305 e. The second kappa shape index (κ2) is 6.42. The number of nitrogens with two attached hydrogens (primary N) is 1. The molecule has 0 aliphatic rings. The van der Waals surface area contributed by atoms with Gasteiger partial charge in [-0.15, -0.1) is 0 Å². The summed E-state index contributed by atoms with van der Waals surface area (Å²) in [4.78, 5) is 10.7. The molecule has 0 saturated heterocycles. The van der Waals surface area contributed by atoms with Crippen LogP contribution in [0.4, 0.5) is 13.2 Å². The van der Waals surface area contributed by atoms with Gasteiger partial charge in [0.1, 0.15) is 5.82 Å². The van der Waals surface area contributed by atoms with Crippen LogP contribution in [0.5, 0.6) is 0 Å². The van der Waals surface area contributed by atoms with E-state index in [1.807, 2.05) is 0 Å². The fourth-order valence-electron chi connectivity index (χ4n) is 2.69. The molecule has 3 nitrogen and oxygen atoms in total. The predicted octanol–water partition coefficient (Wildman–Crippen LogP) is 3.86. The van der Waals surface area contributed by atoms with E-state index < -0.39 is 35.9 Å². The Hall–Kier alpha value is -2.34. The highest BCUT2D eigenvalue weighted by Gasteiger charge is 2.20. The van der Waals surface area contributed by atoms with Gasteiger partial charge in [0.05, 0.1) is 6.42 Å². The van der Waals surface area contributed by atoms with Gasteiger partial charge >= 0.3 is 5.97 Å². The van der Waals surface area contributed by atoms with E-state index in [9.17, 15) is 18.0 Å². The third-order valence-electron chi connectivity index (χ3n) is 3.64. The van der Waals surface area contributed by atoms with Crippen molar-refractivity contribution in [3.8, 4) is 11.1 Å². The summed E-state index contributed by atoms with van der Waals surface area (Å²) < 4.78 is 41.3. The molecule has 0 bridgehead atoms. The highest BCUT2D eigenvalue weighted by Crippen LogP contribution is 2.32. The van der Waals surface area contributed by atoms with Crippen LogP contribution < -0.4 is 5.73 Å². The summed E-state index contributed by atoms with van der Waals surface area (Å²) in [6.45, 7) is 3.31. The molecule has 6 heteroatoms. The average Bonchev–Trinajstić information content (AvgIpc) is 2.40. The van der Waals surface area contributed by atoms with Gasteiger partial charge in [0, 0.05) is 11.6 Å². The predicted molar refractivity (Wildman–Crippen MR) is 80.4 cm³/mol. The summed E-state index contributed by atoms with van der Waals surface area (Å²) in [5.74, 6) is -3.92. The van der Waals surface area contributed by atoms with E-state index >= 15 is 0 Å². The normalized spacial score (nSPS) is 12.3. The average molecular weight is 323 g/mol. The monoisotopic (exact) mass is 323 g/mol. The zero-order valence-corrected chi connectivity index (χ0v) is 12.7. The second-order valence-corrected chi connectivity index (χ2v) is 5.48. The minimum atomic E-state index is -1.21. The molecule has 3 N–H and O–H groups in total. The number of aryl methyl sites for hydroxylation is 2. The highest BCUT2D eigenvalue weighted by atomic mass is 19.2. The summed E-state index contributed by atoms with van der Waals surface area (Å²) in [5.41, 5.74) is 7.46. The first-order chi connectivity index (χ1) is 10.7. The number of rotatable bonds is 4. The number of halogens is 3. The molecular weight excluding hydrogens is 307 g/mol. The lowest BCUT2D eigenvalue weighted by molar-refractivity contribution is -0.137. The third kappa shape index (κ3) is 3.53. The molecule has 23 heavy (non-hydrogen) atoms. The molecule has 0 aliphatic heterocycles.